The van der Waals surface area contributed by atoms with Crippen molar-refractivity contribution in [2.45, 2.75) is 58.1 Å². The first-order chi connectivity index (χ1) is 16.3. The second kappa shape index (κ2) is 12.2. The van der Waals surface area contributed by atoms with E-state index in [0.29, 0.717) is 30.1 Å². The van der Waals surface area contributed by atoms with E-state index < -0.39 is 6.10 Å². The molecule has 0 bridgehead atoms. The van der Waals surface area contributed by atoms with Gasteiger partial charge >= 0.3 is 0 Å². The van der Waals surface area contributed by atoms with E-state index in [-0.39, 0.29) is 42.9 Å². The fourth-order valence-electron chi connectivity index (χ4n) is 4.51. The summed E-state index contributed by atoms with van der Waals surface area (Å²) in [5, 5.41) is 9.79. The highest BCUT2D eigenvalue weighted by Gasteiger charge is 2.34. The summed E-state index contributed by atoms with van der Waals surface area (Å²) in [5.41, 5.74) is 0.999. The van der Waals surface area contributed by atoms with Crippen molar-refractivity contribution in [2.75, 3.05) is 40.5 Å². The first kappa shape index (κ1) is 26.0. The summed E-state index contributed by atoms with van der Waals surface area (Å²) in [5.74, 6) is 6.81. The second-order valence-electron chi connectivity index (χ2n) is 9.56. The van der Waals surface area contributed by atoms with Crippen LogP contribution in [0, 0.1) is 23.7 Å². The molecule has 0 saturated heterocycles. The van der Waals surface area contributed by atoms with Crippen molar-refractivity contribution >= 4 is 11.8 Å². The van der Waals surface area contributed by atoms with Gasteiger partial charge in [-0.2, -0.15) is 0 Å². The largest absolute Gasteiger partial charge is 0.472 e. The Morgan fingerprint density at radius 1 is 1.41 bits per heavy atom. The molecule has 3 atom stereocenters. The van der Waals surface area contributed by atoms with E-state index >= 15 is 0 Å². The molecule has 0 unspecified atom stereocenters. The van der Waals surface area contributed by atoms with Crippen LogP contribution in [0.15, 0.2) is 12.3 Å². The summed E-state index contributed by atoms with van der Waals surface area (Å²) >= 11 is 0. The standard InChI is InChI=1S/C26H37N3O5/c1-18-14-29(19(2)16-30)26(32)22-12-21(11-7-10-20-8-5-6-9-20)13-27-25(22)34-23(18)15-28(3)24(31)17-33-4/h12-13,18-20,23,30H,5-6,8-10,14-17H2,1-4H3/t18-,19+,23+/m1/s1. The lowest BCUT2D eigenvalue weighted by Gasteiger charge is -2.37. The van der Waals surface area contributed by atoms with Gasteiger partial charge in [-0.25, -0.2) is 4.98 Å². The lowest BCUT2D eigenvalue weighted by Crippen LogP contribution is -2.50. The maximum absolute atomic E-state index is 13.5. The van der Waals surface area contributed by atoms with Gasteiger partial charge in [-0.05, 0) is 31.7 Å². The fraction of sp³-hybridized carbons (Fsp3) is 0.654. The van der Waals surface area contributed by atoms with Gasteiger partial charge in [0.05, 0.1) is 19.2 Å². The Hall–Kier alpha value is -2.63. The number of carbonyl (C=O) groups excluding carboxylic acids is 2. The molecular formula is C26H37N3O5. The van der Waals surface area contributed by atoms with Gasteiger partial charge in [0.2, 0.25) is 11.8 Å². The zero-order valence-electron chi connectivity index (χ0n) is 20.7. The van der Waals surface area contributed by atoms with Gasteiger partial charge in [0.1, 0.15) is 18.3 Å². The van der Waals surface area contributed by atoms with E-state index in [0.717, 1.165) is 6.42 Å². The van der Waals surface area contributed by atoms with Gasteiger partial charge in [0.25, 0.3) is 5.91 Å². The number of pyridine rings is 1. The second-order valence-corrected chi connectivity index (χ2v) is 9.56. The first-order valence-electron chi connectivity index (χ1n) is 12.1. The van der Waals surface area contributed by atoms with Gasteiger partial charge < -0.3 is 24.4 Å². The lowest BCUT2D eigenvalue weighted by atomic mass is 9.99. The molecule has 1 aliphatic carbocycles. The zero-order chi connectivity index (χ0) is 24.7. The van der Waals surface area contributed by atoms with Crippen LogP contribution >= 0.6 is 0 Å². The van der Waals surface area contributed by atoms with Gasteiger partial charge in [-0.15, -0.1) is 0 Å². The molecule has 2 amide bonds. The predicted molar refractivity (Wildman–Crippen MR) is 128 cm³/mol. The Balaban J connectivity index is 1.88. The molecule has 8 nitrogen and oxygen atoms in total. The van der Waals surface area contributed by atoms with Crippen molar-refractivity contribution in [1.82, 2.24) is 14.8 Å². The van der Waals surface area contributed by atoms with Crippen LogP contribution in [0.1, 0.15) is 61.9 Å². The van der Waals surface area contributed by atoms with Gasteiger partial charge in [-0.3, -0.25) is 9.59 Å². The molecule has 186 valence electrons. The number of ether oxygens (including phenoxy) is 2. The van der Waals surface area contributed by atoms with Crippen LogP contribution in [-0.2, 0) is 9.53 Å². The fourth-order valence-corrected chi connectivity index (χ4v) is 4.51. The number of likely N-dealkylation sites (N-methyl/N-ethyl adjacent to an activating group) is 1. The minimum Gasteiger partial charge on any atom is -0.472 e. The molecule has 1 saturated carbocycles. The maximum atomic E-state index is 13.5. The Labute approximate surface area is 202 Å². The number of hydrogen-bond acceptors (Lipinski definition) is 6. The Kier molecular flexibility index (Phi) is 9.31. The van der Waals surface area contributed by atoms with Crippen molar-refractivity contribution in [3.8, 4) is 17.7 Å². The molecule has 0 spiro atoms. The lowest BCUT2D eigenvalue weighted by molar-refractivity contribution is -0.135. The smallest absolute Gasteiger partial charge is 0.259 e. The minimum atomic E-state index is -0.391. The van der Waals surface area contributed by atoms with Crippen LogP contribution < -0.4 is 4.74 Å². The topological polar surface area (TPSA) is 92.2 Å². The van der Waals surface area contributed by atoms with Crippen molar-refractivity contribution in [2.24, 2.45) is 11.8 Å². The Morgan fingerprint density at radius 3 is 2.82 bits per heavy atom. The van der Waals surface area contributed by atoms with Crippen molar-refractivity contribution in [3.63, 3.8) is 0 Å². The number of aliphatic hydroxyl groups excluding tert-OH is 1. The van der Waals surface area contributed by atoms with E-state index in [9.17, 15) is 14.7 Å². The molecular weight excluding hydrogens is 434 g/mol. The average molecular weight is 472 g/mol. The van der Waals surface area contributed by atoms with Gasteiger partial charge in [-0.1, -0.05) is 31.6 Å². The highest BCUT2D eigenvalue weighted by molar-refractivity contribution is 5.97. The monoisotopic (exact) mass is 471 g/mol. The molecule has 2 aliphatic rings. The quantitative estimate of drug-likeness (QED) is 0.614. The molecule has 1 aromatic rings. The third-order valence-corrected chi connectivity index (χ3v) is 6.77. The van der Waals surface area contributed by atoms with Crippen molar-refractivity contribution in [3.05, 3.63) is 23.4 Å². The molecule has 0 radical (unpaired) electrons. The summed E-state index contributed by atoms with van der Waals surface area (Å²) in [6, 6.07) is 1.36. The van der Waals surface area contributed by atoms with Crippen LogP contribution in [0.25, 0.3) is 0 Å². The minimum absolute atomic E-state index is 0.0124. The van der Waals surface area contributed by atoms with Crippen LogP contribution in [0.2, 0.25) is 0 Å². The van der Waals surface area contributed by atoms with E-state index in [1.54, 1.807) is 29.1 Å². The Bertz CT molecular complexity index is 919. The number of methoxy groups -OCH3 is 1. The number of aromatic nitrogens is 1. The highest BCUT2D eigenvalue weighted by atomic mass is 16.5. The van der Waals surface area contributed by atoms with Crippen LogP contribution in [0.3, 0.4) is 0 Å². The summed E-state index contributed by atoms with van der Waals surface area (Å²) in [6.45, 7) is 4.32. The number of nitrogens with zero attached hydrogens (tertiary/aromatic N) is 3. The van der Waals surface area contributed by atoms with E-state index in [2.05, 4.69) is 16.8 Å². The molecule has 1 N–H and O–H groups in total. The van der Waals surface area contributed by atoms with Crippen LogP contribution in [0.4, 0.5) is 0 Å². The summed E-state index contributed by atoms with van der Waals surface area (Å²) in [6.07, 6.45) is 7.13. The van der Waals surface area contributed by atoms with E-state index in [1.165, 1.54) is 32.8 Å². The van der Waals surface area contributed by atoms with Gasteiger partial charge in [0.15, 0.2) is 0 Å². The molecule has 1 fully saturated rings. The number of fused-ring (bicyclic) bond motifs is 1. The van der Waals surface area contributed by atoms with Crippen molar-refractivity contribution in [1.29, 1.82) is 0 Å². The van der Waals surface area contributed by atoms with Crippen LogP contribution in [-0.4, -0.2) is 84.3 Å². The molecule has 0 aromatic carbocycles. The number of amides is 2. The third kappa shape index (κ3) is 6.49. The SMILES string of the molecule is COCC(=O)N(C)C[C@@H]1Oc2ncc(C#CCC3CCCC3)cc2C(=O)N([C@@H](C)CO)C[C@H]1C. The normalized spacial score (nSPS) is 21.6. The molecule has 1 aliphatic heterocycles. The van der Waals surface area contributed by atoms with E-state index in [4.69, 9.17) is 9.47 Å². The molecule has 1 aromatic heterocycles. The molecule has 2 heterocycles. The first-order valence-corrected chi connectivity index (χ1v) is 12.1. The summed E-state index contributed by atoms with van der Waals surface area (Å²) < 4.78 is 11.2. The molecule has 34 heavy (non-hydrogen) atoms. The molecule has 3 rings (SSSR count). The van der Waals surface area contributed by atoms with Gasteiger partial charge in [0, 0.05) is 44.8 Å². The zero-order valence-corrected chi connectivity index (χ0v) is 20.7. The number of carbonyl (C=O) groups is 2. The predicted octanol–water partition coefficient (Wildman–Crippen LogP) is 2.34. The average Bonchev–Trinajstić information content (AvgIpc) is 3.34. The maximum Gasteiger partial charge on any atom is 0.259 e. The van der Waals surface area contributed by atoms with E-state index in [1.807, 2.05) is 13.8 Å². The van der Waals surface area contributed by atoms with Crippen LogP contribution in [0.5, 0.6) is 5.88 Å². The number of rotatable bonds is 7. The summed E-state index contributed by atoms with van der Waals surface area (Å²) in [7, 11) is 3.18. The summed E-state index contributed by atoms with van der Waals surface area (Å²) in [4.78, 5) is 33.4. The molecule has 8 heteroatoms. The Morgan fingerprint density at radius 2 is 2.15 bits per heavy atom. The third-order valence-electron chi connectivity index (χ3n) is 6.77. The number of aliphatic hydroxyl groups is 1. The van der Waals surface area contributed by atoms with Crippen molar-refractivity contribution < 1.29 is 24.2 Å². The highest BCUT2D eigenvalue weighted by Crippen LogP contribution is 2.28. The number of hydrogen-bond donors (Lipinski definition) is 1.